The molecule has 0 heterocycles. The van der Waals surface area contributed by atoms with Crippen LogP contribution in [0.1, 0.15) is 43.0 Å². The van der Waals surface area contributed by atoms with Crippen LogP contribution in [0.15, 0.2) is 36.4 Å². The minimum absolute atomic E-state index is 0.0630. The van der Waals surface area contributed by atoms with E-state index in [-0.39, 0.29) is 5.41 Å². The van der Waals surface area contributed by atoms with E-state index < -0.39 is 0 Å². The van der Waals surface area contributed by atoms with Crippen LogP contribution in [0.5, 0.6) is 11.5 Å². The predicted molar refractivity (Wildman–Crippen MR) is 92.2 cm³/mol. The predicted octanol–water partition coefficient (Wildman–Crippen LogP) is 5.04. The molecule has 0 aliphatic rings. The van der Waals surface area contributed by atoms with Crippen molar-refractivity contribution in [3.8, 4) is 11.5 Å². The maximum atomic E-state index is 5.64. The zero-order valence-electron chi connectivity index (χ0n) is 14.5. The van der Waals surface area contributed by atoms with Crippen LogP contribution < -0.4 is 9.47 Å². The van der Waals surface area contributed by atoms with Crippen LogP contribution in [-0.4, -0.2) is 13.7 Å². The molecule has 0 unspecified atom stereocenters. The minimum Gasteiger partial charge on any atom is -0.496 e. The van der Waals surface area contributed by atoms with Crippen LogP contribution in [0.2, 0.25) is 0 Å². The Hall–Kier alpha value is -1.96. The highest BCUT2D eigenvalue weighted by Crippen LogP contribution is 2.35. The quantitative estimate of drug-likeness (QED) is 0.770. The van der Waals surface area contributed by atoms with E-state index in [0.29, 0.717) is 6.61 Å². The lowest BCUT2D eigenvalue weighted by Gasteiger charge is -2.27. The Morgan fingerprint density at radius 2 is 1.36 bits per heavy atom. The smallest absolute Gasteiger partial charge is 0.122 e. The molecule has 0 atom stereocenters. The van der Waals surface area contributed by atoms with Crippen molar-refractivity contribution in [1.82, 2.24) is 0 Å². The first-order chi connectivity index (χ1) is 10.4. The molecule has 0 spiro atoms. The van der Waals surface area contributed by atoms with Crippen molar-refractivity contribution in [3.63, 3.8) is 0 Å². The standard InChI is InChI=1S/C20H26O2/c1-7-22-19-11-9-17(13-15(19)3)20(4,5)16-8-10-18(21-6)14(2)12-16/h8-13H,7H2,1-6H3. The van der Waals surface area contributed by atoms with Crippen LogP contribution in [0, 0.1) is 13.8 Å². The summed E-state index contributed by atoms with van der Waals surface area (Å²) in [7, 11) is 1.71. The summed E-state index contributed by atoms with van der Waals surface area (Å²) in [5.74, 6) is 1.90. The average molecular weight is 298 g/mol. The van der Waals surface area contributed by atoms with Crippen LogP contribution in [0.3, 0.4) is 0 Å². The van der Waals surface area contributed by atoms with E-state index in [2.05, 4.69) is 58.0 Å². The van der Waals surface area contributed by atoms with Crippen LogP contribution >= 0.6 is 0 Å². The van der Waals surface area contributed by atoms with Crippen molar-refractivity contribution >= 4 is 0 Å². The lowest BCUT2D eigenvalue weighted by molar-refractivity contribution is 0.337. The molecule has 118 valence electrons. The molecule has 0 amide bonds. The van der Waals surface area contributed by atoms with Gasteiger partial charge in [0.1, 0.15) is 11.5 Å². The zero-order valence-corrected chi connectivity index (χ0v) is 14.5. The Labute approximate surface area is 134 Å². The fourth-order valence-corrected chi connectivity index (χ4v) is 2.79. The van der Waals surface area contributed by atoms with Gasteiger partial charge in [-0.3, -0.25) is 0 Å². The van der Waals surface area contributed by atoms with Crippen molar-refractivity contribution in [2.45, 2.75) is 40.0 Å². The van der Waals surface area contributed by atoms with Gasteiger partial charge in [0.05, 0.1) is 13.7 Å². The van der Waals surface area contributed by atoms with Gasteiger partial charge in [-0.1, -0.05) is 38.1 Å². The third-order valence-corrected chi connectivity index (χ3v) is 4.31. The van der Waals surface area contributed by atoms with E-state index in [4.69, 9.17) is 9.47 Å². The molecule has 22 heavy (non-hydrogen) atoms. The summed E-state index contributed by atoms with van der Waals surface area (Å²) in [5, 5.41) is 0. The highest BCUT2D eigenvalue weighted by Gasteiger charge is 2.24. The summed E-state index contributed by atoms with van der Waals surface area (Å²) in [6, 6.07) is 12.9. The lowest BCUT2D eigenvalue weighted by atomic mass is 9.77. The summed E-state index contributed by atoms with van der Waals surface area (Å²) < 4.78 is 11.0. The van der Waals surface area contributed by atoms with Crippen LogP contribution in [0.4, 0.5) is 0 Å². The number of benzene rings is 2. The summed E-state index contributed by atoms with van der Waals surface area (Å²) in [6.45, 7) is 11.4. The van der Waals surface area contributed by atoms with Gasteiger partial charge in [-0.15, -0.1) is 0 Å². The number of hydrogen-bond acceptors (Lipinski definition) is 2. The van der Waals surface area contributed by atoms with Gasteiger partial charge in [-0.05, 0) is 55.2 Å². The first kappa shape index (κ1) is 16.4. The summed E-state index contributed by atoms with van der Waals surface area (Å²) in [6.07, 6.45) is 0. The van der Waals surface area contributed by atoms with Crippen molar-refractivity contribution in [2.24, 2.45) is 0 Å². The maximum absolute atomic E-state index is 5.64. The normalized spacial score (nSPS) is 11.4. The molecule has 2 aromatic rings. The van der Waals surface area contributed by atoms with Crippen LogP contribution in [0.25, 0.3) is 0 Å². The molecule has 0 aliphatic heterocycles. The Bertz CT molecular complexity index is 657. The molecule has 0 aliphatic carbocycles. The van der Waals surface area contributed by atoms with Crippen LogP contribution in [-0.2, 0) is 5.41 Å². The second kappa shape index (κ2) is 6.43. The first-order valence-corrected chi connectivity index (χ1v) is 7.79. The molecular formula is C20H26O2. The molecule has 0 saturated carbocycles. The van der Waals surface area contributed by atoms with E-state index in [1.165, 1.54) is 16.7 Å². The topological polar surface area (TPSA) is 18.5 Å². The SMILES string of the molecule is CCOc1ccc(C(C)(C)c2ccc(OC)c(C)c2)cc1C. The number of aryl methyl sites for hydroxylation is 2. The average Bonchev–Trinajstić information content (AvgIpc) is 2.49. The third-order valence-electron chi connectivity index (χ3n) is 4.31. The zero-order chi connectivity index (χ0) is 16.3. The van der Waals surface area contributed by atoms with Crippen molar-refractivity contribution in [3.05, 3.63) is 58.7 Å². The summed E-state index contributed by atoms with van der Waals surface area (Å²) >= 11 is 0. The van der Waals surface area contributed by atoms with Gasteiger partial charge in [-0.2, -0.15) is 0 Å². The van der Waals surface area contributed by atoms with Gasteiger partial charge in [-0.25, -0.2) is 0 Å². The molecule has 2 aromatic carbocycles. The van der Waals surface area contributed by atoms with E-state index >= 15 is 0 Å². The second-order valence-corrected chi connectivity index (χ2v) is 6.22. The minimum atomic E-state index is -0.0630. The summed E-state index contributed by atoms with van der Waals surface area (Å²) in [5.41, 5.74) is 4.85. The van der Waals surface area contributed by atoms with E-state index in [9.17, 15) is 0 Å². The Morgan fingerprint density at radius 1 is 0.864 bits per heavy atom. The Kier molecular flexibility index (Phi) is 4.80. The summed E-state index contributed by atoms with van der Waals surface area (Å²) in [4.78, 5) is 0. The Balaban J connectivity index is 2.41. The van der Waals surface area contributed by atoms with Gasteiger partial charge in [0.2, 0.25) is 0 Å². The van der Waals surface area contributed by atoms with E-state index in [1.807, 2.05) is 13.0 Å². The molecule has 2 rings (SSSR count). The number of ether oxygens (including phenoxy) is 2. The van der Waals surface area contributed by atoms with Crippen molar-refractivity contribution < 1.29 is 9.47 Å². The molecule has 2 heteroatoms. The van der Waals surface area contributed by atoms with E-state index in [0.717, 1.165) is 17.1 Å². The van der Waals surface area contributed by atoms with E-state index in [1.54, 1.807) is 7.11 Å². The molecule has 0 N–H and O–H groups in total. The first-order valence-electron chi connectivity index (χ1n) is 7.79. The van der Waals surface area contributed by atoms with Gasteiger partial charge >= 0.3 is 0 Å². The second-order valence-electron chi connectivity index (χ2n) is 6.22. The molecule has 2 nitrogen and oxygen atoms in total. The number of rotatable bonds is 5. The fraction of sp³-hybridized carbons (Fsp3) is 0.400. The van der Waals surface area contributed by atoms with Gasteiger partial charge < -0.3 is 9.47 Å². The third kappa shape index (κ3) is 3.11. The maximum Gasteiger partial charge on any atom is 0.122 e. The number of methoxy groups -OCH3 is 1. The molecule has 0 saturated heterocycles. The lowest BCUT2D eigenvalue weighted by Crippen LogP contribution is -2.19. The van der Waals surface area contributed by atoms with Gasteiger partial charge in [0.25, 0.3) is 0 Å². The molecule has 0 aromatic heterocycles. The largest absolute Gasteiger partial charge is 0.496 e. The fourth-order valence-electron chi connectivity index (χ4n) is 2.79. The molecule has 0 fully saturated rings. The highest BCUT2D eigenvalue weighted by molar-refractivity contribution is 5.47. The van der Waals surface area contributed by atoms with Gasteiger partial charge in [0.15, 0.2) is 0 Å². The van der Waals surface area contributed by atoms with Gasteiger partial charge in [0, 0.05) is 5.41 Å². The van der Waals surface area contributed by atoms with Crippen molar-refractivity contribution in [1.29, 1.82) is 0 Å². The molecule has 0 radical (unpaired) electrons. The van der Waals surface area contributed by atoms with Crippen molar-refractivity contribution in [2.75, 3.05) is 13.7 Å². The Morgan fingerprint density at radius 3 is 1.77 bits per heavy atom. The monoisotopic (exact) mass is 298 g/mol. The molecule has 0 bridgehead atoms. The highest BCUT2D eigenvalue weighted by atomic mass is 16.5. The number of hydrogen-bond donors (Lipinski definition) is 0. The molecular weight excluding hydrogens is 272 g/mol.